The molecule has 5 rings (SSSR count). The second-order valence-electron chi connectivity index (χ2n) is 15.4. The number of aliphatic hydroxyl groups is 8. The van der Waals surface area contributed by atoms with Crippen molar-refractivity contribution in [2.75, 3.05) is 21.3 Å². The van der Waals surface area contributed by atoms with Crippen LogP contribution in [0.4, 0.5) is 0 Å². The third kappa shape index (κ3) is 9.30. The standard InChI is InChI=1S/C35H60O22/c1-11-16(37)20(41)25(30(43)49-11)57-31-21(42)22(17(38)12(2)50-31)54-32-26(45-7)23(18(39)13(3)51-32)55-33-27(46-8)24(19(40)14(4)52-33)56-34-29(47-9)35(6,44)28(48-10-36)15(5)53-34/h10-34,37-44H,1-9H3/t11-,12-,13-,14+,15-,16+,17-,18+,19+,20+,21+,22+,23+,24-,25+,26-,27-,28-,29-,30+,31-,32-,33+,34-,35+/m0/s1. The van der Waals surface area contributed by atoms with Gasteiger partial charge in [-0.2, -0.15) is 0 Å². The van der Waals surface area contributed by atoms with E-state index in [2.05, 4.69) is 0 Å². The second kappa shape index (κ2) is 19.2. The maximum absolute atomic E-state index is 11.4. The van der Waals surface area contributed by atoms with E-state index in [0.29, 0.717) is 0 Å². The van der Waals surface area contributed by atoms with Crippen LogP contribution < -0.4 is 0 Å². The van der Waals surface area contributed by atoms with Crippen LogP contribution in [0.5, 0.6) is 0 Å². The molecule has 5 heterocycles. The number of carbonyl (C=O) groups is 1. The van der Waals surface area contributed by atoms with Gasteiger partial charge in [0.25, 0.3) is 6.47 Å². The Hall–Kier alpha value is -1.33. The summed E-state index contributed by atoms with van der Waals surface area (Å²) in [5.41, 5.74) is -1.80. The van der Waals surface area contributed by atoms with Crippen molar-refractivity contribution >= 4 is 6.47 Å². The van der Waals surface area contributed by atoms with Crippen LogP contribution in [0.3, 0.4) is 0 Å². The molecule has 5 saturated heterocycles. The Morgan fingerprint density at radius 2 is 0.877 bits per heavy atom. The molecule has 0 bridgehead atoms. The van der Waals surface area contributed by atoms with E-state index >= 15 is 0 Å². The molecule has 8 N–H and O–H groups in total. The van der Waals surface area contributed by atoms with E-state index in [9.17, 15) is 45.6 Å². The van der Waals surface area contributed by atoms with E-state index in [4.69, 9.17) is 61.6 Å². The van der Waals surface area contributed by atoms with Crippen LogP contribution in [0.15, 0.2) is 0 Å². The molecule has 22 heteroatoms. The molecule has 22 nitrogen and oxygen atoms in total. The summed E-state index contributed by atoms with van der Waals surface area (Å²) in [6, 6.07) is 0. The molecule has 332 valence electrons. The average molecular weight is 833 g/mol. The van der Waals surface area contributed by atoms with Gasteiger partial charge in [-0.1, -0.05) is 0 Å². The summed E-state index contributed by atoms with van der Waals surface area (Å²) in [5.74, 6) is 0. The Morgan fingerprint density at radius 1 is 0.456 bits per heavy atom. The summed E-state index contributed by atoms with van der Waals surface area (Å²) in [7, 11) is 3.88. The molecule has 5 aliphatic rings. The molecular formula is C35H60O22. The first-order chi connectivity index (χ1) is 26.8. The number of methoxy groups -OCH3 is 3. The first-order valence-corrected chi connectivity index (χ1v) is 18.9. The topological polar surface area (TPSA) is 299 Å². The Morgan fingerprint density at radius 3 is 1.37 bits per heavy atom. The van der Waals surface area contributed by atoms with Crippen molar-refractivity contribution in [2.45, 2.75) is 195 Å². The minimum absolute atomic E-state index is 0.187. The van der Waals surface area contributed by atoms with Gasteiger partial charge < -0.3 is 102 Å². The van der Waals surface area contributed by atoms with Crippen LogP contribution in [0.25, 0.3) is 0 Å². The zero-order valence-electron chi connectivity index (χ0n) is 33.2. The van der Waals surface area contributed by atoms with Crippen LogP contribution in [-0.4, -0.2) is 222 Å². The summed E-state index contributed by atoms with van der Waals surface area (Å²) in [5, 5.41) is 87.9. The molecule has 0 radical (unpaired) electrons. The molecule has 25 atom stereocenters. The number of rotatable bonds is 13. The molecule has 0 amide bonds. The molecule has 0 saturated carbocycles. The monoisotopic (exact) mass is 832 g/mol. The lowest BCUT2D eigenvalue weighted by Gasteiger charge is -2.51. The molecule has 0 aliphatic carbocycles. The SMILES string of the molecule is CO[C@@H]1[C@H](O[C@@H]2[C@@H](O)[C@H](C)O[C@@H](O[C@@H]3[C@H](O)[C@H](O)[C@H](C)O[C@H]3O)[C@@H]2O)O[C@@H](C)[C@@H](O)[C@H]1O[C@H]1O[C@H](C)[C@@H](O)[C@H](O[C@@H]2O[C@@H](C)[C@H](OC=O)[C@@](C)(O)[C@H]2OC)[C@@H]1OC. The minimum atomic E-state index is -1.80. The van der Waals surface area contributed by atoms with E-state index in [1.807, 2.05) is 0 Å². The highest BCUT2D eigenvalue weighted by Gasteiger charge is 2.58. The Bertz CT molecular complexity index is 1280. The molecule has 5 fully saturated rings. The van der Waals surface area contributed by atoms with E-state index in [0.717, 1.165) is 0 Å². The first-order valence-electron chi connectivity index (χ1n) is 18.9. The lowest BCUT2D eigenvalue weighted by atomic mass is 9.85. The zero-order valence-corrected chi connectivity index (χ0v) is 33.2. The second-order valence-corrected chi connectivity index (χ2v) is 15.4. The molecule has 0 unspecified atom stereocenters. The van der Waals surface area contributed by atoms with Crippen LogP contribution in [0, 0.1) is 0 Å². The molecule has 57 heavy (non-hydrogen) atoms. The summed E-state index contributed by atoms with van der Waals surface area (Å²) in [6.45, 7) is 9.10. The molecule has 0 aromatic heterocycles. The van der Waals surface area contributed by atoms with Crippen molar-refractivity contribution in [2.24, 2.45) is 0 Å². The van der Waals surface area contributed by atoms with Gasteiger partial charge in [0, 0.05) is 21.3 Å². The van der Waals surface area contributed by atoms with Gasteiger partial charge in [0.2, 0.25) is 0 Å². The fraction of sp³-hybridized carbons (Fsp3) is 0.971. The third-order valence-corrected chi connectivity index (χ3v) is 11.4. The first kappa shape index (κ1) is 46.7. The number of ether oxygens (including phenoxy) is 13. The van der Waals surface area contributed by atoms with Gasteiger partial charge in [-0.3, -0.25) is 4.79 Å². The van der Waals surface area contributed by atoms with Crippen LogP contribution in [0.1, 0.15) is 41.5 Å². The predicted molar refractivity (Wildman–Crippen MR) is 183 cm³/mol. The Labute approximate surface area is 329 Å². The summed E-state index contributed by atoms with van der Waals surface area (Å²) >= 11 is 0. The highest BCUT2D eigenvalue weighted by Crippen LogP contribution is 2.39. The minimum Gasteiger partial charge on any atom is -0.459 e. The van der Waals surface area contributed by atoms with Gasteiger partial charge in [-0.25, -0.2) is 0 Å². The van der Waals surface area contributed by atoms with E-state index < -0.39 is 153 Å². The fourth-order valence-corrected chi connectivity index (χ4v) is 8.08. The zero-order chi connectivity index (χ0) is 42.3. The highest BCUT2D eigenvalue weighted by atomic mass is 16.8. The van der Waals surface area contributed by atoms with Crippen molar-refractivity contribution < 1.29 is 107 Å². The summed E-state index contributed by atoms with van der Waals surface area (Å²) in [6.07, 6.45) is -31.9. The molecule has 0 aromatic rings. The maximum Gasteiger partial charge on any atom is 0.293 e. The van der Waals surface area contributed by atoms with Gasteiger partial charge in [0.05, 0.1) is 30.5 Å². The quantitative estimate of drug-likeness (QED) is 0.0815. The van der Waals surface area contributed by atoms with Crippen LogP contribution >= 0.6 is 0 Å². The van der Waals surface area contributed by atoms with Gasteiger partial charge in [-0.05, 0) is 41.5 Å². The van der Waals surface area contributed by atoms with Gasteiger partial charge in [0.1, 0.15) is 85.0 Å². The van der Waals surface area contributed by atoms with Gasteiger partial charge >= 0.3 is 0 Å². The van der Waals surface area contributed by atoms with Crippen LogP contribution in [-0.2, 0) is 66.4 Å². The Balaban J connectivity index is 1.34. The molecular weight excluding hydrogens is 772 g/mol. The smallest absolute Gasteiger partial charge is 0.293 e. The largest absolute Gasteiger partial charge is 0.459 e. The Kier molecular flexibility index (Phi) is 15.7. The van der Waals surface area contributed by atoms with Crippen molar-refractivity contribution in [3.8, 4) is 0 Å². The molecule has 0 spiro atoms. The molecule has 0 aromatic carbocycles. The maximum atomic E-state index is 11.4. The van der Waals surface area contributed by atoms with E-state index in [1.165, 1.54) is 49.0 Å². The fourth-order valence-electron chi connectivity index (χ4n) is 8.08. The van der Waals surface area contributed by atoms with Crippen molar-refractivity contribution in [1.29, 1.82) is 0 Å². The predicted octanol–water partition coefficient (Wildman–Crippen LogP) is -4.25. The van der Waals surface area contributed by atoms with Crippen molar-refractivity contribution in [3.05, 3.63) is 0 Å². The number of hydrogen-bond donors (Lipinski definition) is 8. The third-order valence-electron chi connectivity index (χ3n) is 11.4. The van der Waals surface area contributed by atoms with Crippen LogP contribution in [0.2, 0.25) is 0 Å². The number of aliphatic hydroxyl groups excluding tert-OH is 7. The number of carbonyl (C=O) groups excluding carboxylic acids is 1. The summed E-state index contributed by atoms with van der Waals surface area (Å²) in [4.78, 5) is 11.2. The lowest BCUT2D eigenvalue weighted by molar-refractivity contribution is -0.395. The molecule has 5 aliphatic heterocycles. The highest BCUT2D eigenvalue weighted by molar-refractivity contribution is 5.38. The van der Waals surface area contributed by atoms with E-state index in [-0.39, 0.29) is 6.47 Å². The lowest BCUT2D eigenvalue weighted by Crippen LogP contribution is -2.69. The number of hydrogen-bond acceptors (Lipinski definition) is 22. The van der Waals surface area contributed by atoms with Crippen molar-refractivity contribution in [1.82, 2.24) is 0 Å². The average Bonchev–Trinajstić information content (AvgIpc) is 3.15. The van der Waals surface area contributed by atoms with Crippen molar-refractivity contribution in [3.63, 3.8) is 0 Å². The van der Waals surface area contributed by atoms with Gasteiger partial charge in [-0.15, -0.1) is 0 Å². The van der Waals surface area contributed by atoms with Gasteiger partial charge in [0.15, 0.2) is 37.6 Å². The summed E-state index contributed by atoms with van der Waals surface area (Å²) < 4.78 is 75.4. The van der Waals surface area contributed by atoms with E-state index in [1.54, 1.807) is 13.8 Å². The normalized spacial score (nSPS) is 53.6.